The zero-order chi connectivity index (χ0) is 24.2. The molecule has 0 bridgehead atoms. The number of nitrogen functional groups attached to an aromatic ring is 1. The number of aromatic amines is 1. The molecule has 1 amide bonds. The van der Waals surface area contributed by atoms with Crippen LogP contribution in [0.25, 0.3) is 10.8 Å². The van der Waals surface area contributed by atoms with Crippen molar-refractivity contribution in [1.29, 1.82) is 0 Å². The first-order valence-corrected chi connectivity index (χ1v) is 11.7. The quantitative estimate of drug-likeness (QED) is 0.372. The van der Waals surface area contributed by atoms with Crippen molar-refractivity contribution >= 4 is 28.7 Å². The van der Waals surface area contributed by atoms with Crippen LogP contribution in [0.1, 0.15) is 37.0 Å². The van der Waals surface area contributed by atoms with E-state index in [2.05, 4.69) is 9.97 Å². The van der Waals surface area contributed by atoms with Crippen molar-refractivity contribution in [2.75, 3.05) is 10.6 Å². The normalized spacial score (nSPS) is 11.1. The fourth-order valence-corrected chi connectivity index (χ4v) is 4.21. The number of hydrogen-bond acceptors (Lipinski definition) is 8. The summed E-state index contributed by atoms with van der Waals surface area (Å²) in [5.41, 5.74) is 5.26. The first-order valence-electron chi connectivity index (χ1n) is 10.8. The van der Waals surface area contributed by atoms with Gasteiger partial charge in [0.15, 0.2) is 5.69 Å². The molecular formula is C23H25N5O5S. The number of furan rings is 1. The molecule has 4 heterocycles. The van der Waals surface area contributed by atoms with Gasteiger partial charge in [0.05, 0.1) is 29.8 Å². The van der Waals surface area contributed by atoms with E-state index in [4.69, 9.17) is 14.6 Å². The zero-order valence-electron chi connectivity index (χ0n) is 18.9. The highest BCUT2D eigenvalue weighted by Crippen LogP contribution is 2.27. The van der Waals surface area contributed by atoms with E-state index in [-0.39, 0.29) is 24.5 Å². The van der Waals surface area contributed by atoms with Crippen molar-refractivity contribution in [3.8, 4) is 10.8 Å². The topological polar surface area (TPSA) is 140 Å². The number of nitrogens with zero attached hydrogens (tertiary/aromatic N) is 3. The van der Waals surface area contributed by atoms with E-state index >= 15 is 0 Å². The molecule has 0 saturated heterocycles. The van der Waals surface area contributed by atoms with Crippen LogP contribution < -0.4 is 21.9 Å². The number of aromatic nitrogens is 3. The van der Waals surface area contributed by atoms with Gasteiger partial charge >= 0.3 is 5.69 Å². The second-order valence-electron chi connectivity index (χ2n) is 7.73. The molecule has 34 heavy (non-hydrogen) atoms. The van der Waals surface area contributed by atoms with Crippen LogP contribution >= 0.6 is 11.3 Å². The summed E-state index contributed by atoms with van der Waals surface area (Å²) >= 11 is 1.48. The van der Waals surface area contributed by atoms with Crippen LogP contribution in [0.15, 0.2) is 54.3 Å². The Balaban J connectivity index is 1.72. The third-order valence-electron chi connectivity index (χ3n) is 5.36. The Bertz CT molecular complexity index is 1380. The maximum Gasteiger partial charge on any atom is 0.330 e. The first kappa shape index (κ1) is 23.3. The van der Waals surface area contributed by atoms with Crippen LogP contribution in [0.5, 0.6) is 0 Å². The van der Waals surface area contributed by atoms with Crippen LogP contribution in [-0.4, -0.2) is 20.4 Å². The Hall–Kier alpha value is -3.86. The molecule has 178 valence electrons. The minimum atomic E-state index is -0.744. The number of rotatable bonds is 9. The number of unbranched alkanes of at least 4 members (excludes halogenated alkanes) is 1. The van der Waals surface area contributed by atoms with E-state index in [0.717, 1.165) is 11.3 Å². The lowest BCUT2D eigenvalue weighted by atomic mass is 10.2. The van der Waals surface area contributed by atoms with Crippen molar-refractivity contribution in [2.24, 2.45) is 0 Å². The minimum absolute atomic E-state index is 0.0419. The Morgan fingerprint density at radius 2 is 2.12 bits per heavy atom. The lowest BCUT2D eigenvalue weighted by molar-refractivity contribution is -0.118. The third kappa shape index (κ3) is 4.74. The molecule has 3 N–H and O–H groups in total. The molecule has 0 fully saturated rings. The van der Waals surface area contributed by atoms with Gasteiger partial charge in [-0.1, -0.05) is 19.4 Å². The van der Waals surface area contributed by atoms with Crippen molar-refractivity contribution in [3.63, 3.8) is 0 Å². The molecule has 0 aliphatic carbocycles. The van der Waals surface area contributed by atoms with Crippen molar-refractivity contribution in [1.82, 2.24) is 14.5 Å². The second-order valence-corrected chi connectivity index (χ2v) is 8.68. The standard InChI is InChI=1S/C23H25N5O5S/c1-3-4-9-27-20(24)19(21(30)26-23(27)31)28(13-15-7-5-10-32-15)18(29)12-16-14(2)33-22(25-16)17-8-6-11-34-17/h5-8,10-11H,3-4,9,12-13,24H2,1-2H3,(H,26,30,31). The van der Waals surface area contributed by atoms with Gasteiger partial charge in [-0.2, -0.15) is 0 Å². The molecule has 0 aliphatic rings. The lowest BCUT2D eigenvalue weighted by Gasteiger charge is -2.23. The number of H-pyrrole nitrogens is 1. The van der Waals surface area contributed by atoms with Crippen LogP contribution in [0.3, 0.4) is 0 Å². The van der Waals surface area contributed by atoms with Crippen LogP contribution in [-0.2, 0) is 24.3 Å². The maximum atomic E-state index is 13.5. The molecule has 11 heteroatoms. The van der Waals surface area contributed by atoms with Gasteiger partial charge in [0.1, 0.15) is 17.3 Å². The van der Waals surface area contributed by atoms with Gasteiger partial charge in [-0.15, -0.1) is 11.3 Å². The van der Waals surface area contributed by atoms with Gasteiger partial charge in [-0.05, 0) is 36.9 Å². The predicted octanol–water partition coefficient (Wildman–Crippen LogP) is 3.31. The van der Waals surface area contributed by atoms with E-state index in [1.807, 2.05) is 24.4 Å². The van der Waals surface area contributed by atoms with Gasteiger partial charge < -0.3 is 14.6 Å². The van der Waals surface area contributed by atoms with Gasteiger partial charge in [-0.3, -0.25) is 24.0 Å². The number of anilines is 2. The predicted molar refractivity (Wildman–Crippen MR) is 129 cm³/mol. The molecule has 0 unspecified atom stereocenters. The molecular weight excluding hydrogens is 458 g/mol. The van der Waals surface area contributed by atoms with E-state index < -0.39 is 17.2 Å². The van der Waals surface area contributed by atoms with Crippen molar-refractivity contribution in [2.45, 2.75) is 46.2 Å². The Kier molecular flexibility index (Phi) is 6.82. The second kappa shape index (κ2) is 9.96. The lowest BCUT2D eigenvalue weighted by Crippen LogP contribution is -2.41. The molecule has 0 aliphatic heterocycles. The molecule has 0 aromatic carbocycles. The van der Waals surface area contributed by atoms with Crippen LogP contribution in [0.4, 0.5) is 11.5 Å². The van der Waals surface area contributed by atoms with E-state index in [9.17, 15) is 14.4 Å². The Labute approximate surface area is 198 Å². The number of carbonyl (C=O) groups is 1. The van der Waals surface area contributed by atoms with Crippen LogP contribution in [0.2, 0.25) is 0 Å². The van der Waals surface area contributed by atoms with Crippen molar-refractivity contribution in [3.05, 3.63) is 74.0 Å². The Morgan fingerprint density at radius 3 is 2.79 bits per heavy atom. The minimum Gasteiger partial charge on any atom is -0.467 e. The molecule has 4 aromatic heterocycles. The maximum absolute atomic E-state index is 13.5. The average molecular weight is 484 g/mol. The zero-order valence-corrected chi connectivity index (χ0v) is 19.7. The van der Waals surface area contributed by atoms with Gasteiger partial charge in [-0.25, -0.2) is 9.78 Å². The first-order chi connectivity index (χ1) is 16.4. The molecule has 0 atom stereocenters. The third-order valence-corrected chi connectivity index (χ3v) is 6.22. The number of carbonyl (C=O) groups excluding carboxylic acids is 1. The summed E-state index contributed by atoms with van der Waals surface area (Å²) in [6.07, 6.45) is 2.86. The van der Waals surface area contributed by atoms with Crippen LogP contribution in [0, 0.1) is 6.92 Å². The number of hydrogen-bond donors (Lipinski definition) is 2. The number of aryl methyl sites for hydroxylation is 1. The highest BCUT2D eigenvalue weighted by atomic mass is 32.1. The summed E-state index contributed by atoms with van der Waals surface area (Å²) < 4.78 is 12.4. The largest absolute Gasteiger partial charge is 0.467 e. The summed E-state index contributed by atoms with van der Waals surface area (Å²) in [5.74, 6) is 0.874. The number of nitrogens with one attached hydrogen (secondary N) is 1. The molecule has 0 spiro atoms. The average Bonchev–Trinajstić information content (AvgIpc) is 3.56. The summed E-state index contributed by atoms with van der Waals surface area (Å²) in [4.78, 5) is 47.6. The summed E-state index contributed by atoms with van der Waals surface area (Å²) in [5, 5.41) is 1.91. The van der Waals surface area contributed by atoms with Gasteiger partial charge in [0, 0.05) is 6.54 Å². The highest BCUT2D eigenvalue weighted by Gasteiger charge is 2.27. The smallest absolute Gasteiger partial charge is 0.330 e. The van der Waals surface area contributed by atoms with Gasteiger partial charge in [0.25, 0.3) is 5.56 Å². The number of nitrogens with two attached hydrogens (primary N) is 1. The fourth-order valence-electron chi connectivity index (χ4n) is 3.56. The van der Waals surface area contributed by atoms with E-state index in [0.29, 0.717) is 36.1 Å². The SMILES string of the molecule is CCCCn1c(N)c(N(Cc2ccco2)C(=O)Cc2nc(-c3cccs3)oc2C)c(=O)[nH]c1=O. The molecule has 0 saturated carbocycles. The molecule has 4 aromatic rings. The monoisotopic (exact) mass is 483 g/mol. The fraction of sp³-hybridized carbons (Fsp3) is 0.304. The number of thiophene rings is 1. The molecule has 0 radical (unpaired) electrons. The molecule has 10 nitrogen and oxygen atoms in total. The number of oxazole rings is 1. The highest BCUT2D eigenvalue weighted by molar-refractivity contribution is 7.13. The Morgan fingerprint density at radius 1 is 1.29 bits per heavy atom. The van der Waals surface area contributed by atoms with Gasteiger partial charge in [0.2, 0.25) is 11.8 Å². The van der Waals surface area contributed by atoms with E-state index in [1.165, 1.54) is 27.1 Å². The van der Waals surface area contributed by atoms with E-state index in [1.54, 1.807) is 19.1 Å². The summed E-state index contributed by atoms with van der Waals surface area (Å²) in [6, 6.07) is 7.14. The number of amides is 1. The molecule has 4 rings (SSSR count). The summed E-state index contributed by atoms with van der Waals surface area (Å²) in [6.45, 7) is 3.99. The van der Waals surface area contributed by atoms with Crippen molar-refractivity contribution < 1.29 is 13.6 Å². The summed E-state index contributed by atoms with van der Waals surface area (Å²) in [7, 11) is 0.